The first-order valence-electron chi connectivity index (χ1n) is 8.16. The van der Waals surface area contributed by atoms with Gasteiger partial charge in [-0.05, 0) is 62.4 Å². The van der Waals surface area contributed by atoms with Crippen molar-refractivity contribution in [1.29, 1.82) is 0 Å². The molecule has 0 radical (unpaired) electrons. The first-order valence-corrected chi connectivity index (χ1v) is 8.16. The topological polar surface area (TPSA) is 50.4 Å². The van der Waals surface area contributed by atoms with E-state index in [9.17, 15) is 4.79 Å². The molecular weight excluding hydrogens is 276 g/mol. The van der Waals surface area contributed by atoms with Gasteiger partial charge in [0.1, 0.15) is 5.75 Å². The van der Waals surface area contributed by atoms with Crippen molar-refractivity contribution in [3.8, 4) is 5.75 Å². The lowest BCUT2D eigenvalue weighted by Crippen LogP contribution is -2.43. The molecule has 1 amide bonds. The van der Waals surface area contributed by atoms with Crippen LogP contribution in [0.15, 0.2) is 18.2 Å². The number of carbonyl (C=O) groups is 1. The van der Waals surface area contributed by atoms with Gasteiger partial charge in [-0.1, -0.05) is 19.1 Å². The number of ether oxygens (including phenoxy) is 1. The SMILES string of the molecule is Cc1ccc(C)c(OCCC(=O)NCC2(C)CCNCC2)c1. The molecule has 1 aromatic carbocycles. The number of amides is 1. The fourth-order valence-corrected chi connectivity index (χ4v) is 2.72. The Balaban J connectivity index is 1.70. The van der Waals surface area contributed by atoms with Crippen molar-refractivity contribution in [2.24, 2.45) is 5.41 Å². The van der Waals surface area contributed by atoms with Crippen molar-refractivity contribution in [3.05, 3.63) is 29.3 Å². The van der Waals surface area contributed by atoms with Crippen LogP contribution in [0.4, 0.5) is 0 Å². The third-order valence-corrected chi connectivity index (χ3v) is 4.45. The van der Waals surface area contributed by atoms with Crippen LogP contribution in [0.2, 0.25) is 0 Å². The highest BCUT2D eigenvalue weighted by Gasteiger charge is 2.26. The Labute approximate surface area is 133 Å². The van der Waals surface area contributed by atoms with E-state index in [1.807, 2.05) is 26.0 Å². The van der Waals surface area contributed by atoms with E-state index >= 15 is 0 Å². The molecule has 0 aromatic heterocycles. The van der Waals surface area contributed by atoms with Crippen molar-refractivity contribution >= 4 is 5.91 Å². The van der Waals surface area contributed by atoms with Crippen molar-refractivity contribution < 1.29 is 9.53 Å². The van der Waals surface area contributed by atoms with E-state index in [0.29, 0.717) is 13.0 Å². The van der Waals surface area contributed by atoms with Crippen molar-refractivity contribution in [2.75, 3.05) is 26.2 Å². The molecule has 1 aliphatic rings. The number of piperidine rings is 1. The van der Waals surface area contributed by atoms with E-state index in [-0.39, 0.29) is 11.3 Å². The zero-order chi connectivity index (χ0) is 16.0. The monoisotopic (exact) mass is 304 g/mol. The third kappa shape index (κ3) is 5.02. The lowest BCUT2D eigenvalue weighted by Gasteiger charge is -2.34. The Hall–Kier alpha value is -1.55. The Bertz CT molecular complexity index is 508. The second-order valence-electron chi connectivity index (χ2n) is 6.70. The number of rotatable bonds is 6. The van der Waals surface area contributed by atoms with Gasteiger partial charge in [0.15, 0.2) is 0 Å². The number of hydrogen-bond acceptors (Lipinski definition) is 3. The van der Waals surface area contributed by atoms with Gasteiger partial charge in [-0.2, -0.15) is 0 Å². The summed E-state index contributed by atoms with van der Waals surface area (Å²) in [5, 5.41) is 6.42. The number of aryl methyl sites for hydroxylation is 2. The highest BCUT2D eigenvalue weighted by Crippen LogP contribution is 2.26. The Kier molecular flexibility index (Phi) is 5.83. The first-order chi connectivity index (χ1) is 10.5. The summed E-state index contributed by atoms with van der Waals surface area (Å²) in [6.45, 7) is 9.59. The van der Waals surface area contributed by atoms with Crippen LogP contribution in [-0.2, 0) is 4.79 Å². The van der Waals surface area contributed by atoms with Crippen molar-refractivity contribution in [2.45, 2.75) is 40.0 Å². The molecule has 0 saturated carbocycles. The van der Waals surface area contributed by atoms with E-state index < -0.39 is 0 Å². The molecule has 4 heteroatoms. The molecule has 0 atom stereocenters. The highest BCUT2D eigenvalue weighted by molar-refractivity contribution is 5.76. The average Bonchev–Trinajstić information content (AvgIpc) is 2.50. The van der Waals surface area contributed by atoms with Gasteiger partial charge in [0.25, 0.3) is 0 Å². The lowest BCUT2D eigenvalue weighted by atomic mass is 9.81. The molecule has 1 heterocycles. The molecule has 1 aromatic rings. The molecule has 4 nitrogen and oxygen atoms in total. The minimum atomic E-state index is 0.0741. The van der Waals surface area contributed by atoms with E-state index in [1.54, 1.807) is 0 Å². The number of benzene rings is 1. The van der Waals surface area contributed by atoms with Crippen LogP contribution in [0.3, 0.4) is 0 Å². The fraction of sp³-hybridized carbons (Fsp3) is 0.611. The molecule has 1 saturated heterocycles. The molecule has 22 heavy (non-hydrogen) atoms. The quantitative estimate of drug-likeness (QED) is 0.849. The molecule has 0 bridgehead atoms. The smallest absolute Gasteiger partial charge is 0.223 e. The molecule has 2 N–H and O–H groups in total. The Morgan fingerprint density at radius 1 is 1.32 bits per heavy atom. The van der Waals surface area contributed by atoms with E-state index in [1.165, 1.54) is 5.56 Å². The van der Waals surface area contributed by atoms with Gasteiger partial charge < -0.3 is 15.4 Å². The highest BCUT2D eigenvalue weighted by atomic mass is 16.5. The molecule has 0 unspecified atom stereocenters. The largest absolute Gasteiger partial charge is 0.493 e. The minimum absolute atomic E-state index is 0.0741. The Morgan fingerprint density at radius 2 is 2.05 bits per heavy atom. The molecule has 0 spiro atoms. The molecule has 1 aliphatic heterocycles. The van der Waals surface area contributed by atoms with Crippen LogP contribution < -0.4 is 15.4 Å². The van der Waals surface area contributed by atoms with Crippen LogP contribution in [0.25, 0.3) is 0 Å². The summed E-state index contributed by atoms with van der Waals surface area (Å²) in [4.78, 5) is 12.0. The van der Waals surface area contributed by atoms with Gasteiger partial charge in [0, 0.05) is 6.54 Å². The van der Waals surface area contributed by atoms with Crippen LogP contribution in [0.1, 0.15) is 37.3 Å². The second kappa shape index (κ2) is 7.63. The third-order valence-electron chi connectivity index (χ3n) is 4.45. The van der Waals surface area contributed by atoms with Crippen molar-refractivity contribution in [1.82, 2.24) is 10.6 Å². The molecule has 2 rings (SSSR count). The molecule has 0 aliphatic carbocycles. The van der Waals surface area contributed by atoms with Crippen LogP contribution in [0, 0.1) is 19.3 Å². The summed E-state index contributed by atoms with van der Waals surface area (Å²) >= 11 is 0. The number of carbonyl (C=O) groups excluding carboxylic acids is 1. The maximum atomic E-state index is 12.0. The van der Waals surface area contributed by atoms with Crippen LogP contribution in [-0.4, -0.2) is 32.1 Å². The van der Waals surface area contributed by atoms with E-state index in [4.69, 9.17) is 4.74 Å². The normalized spacial score (nSPS) is 17.0. The summed E-state index contributed by atoms with van der Waals surface area (Å²) in [6.07, 6.45) is 2.64. The van der Waals surface area contributed by atoms with Crippen molar-refractivity contribution in [3.63, 3.8) is 0 Å². The maximum absolute atomic E-state index is 12.0. The zero-order valence-electron chi connectivity index (χ0n) is 14.0. The van der Waals surface area contributed by atoms with Gasteiger partial charge in [-0.15, -0.1) is 0 Å². The second-order valence-corrected chi connectivity index (χ2v) is 6.70. The number of hydrogen-bond donors (Lipinski definition) is 2. The van der Waals surface area contributed by atoms with E-state index in [2.05, 4.69) is 23.6 Å². The van der Waals surface area contributed by atoms with E-state index in [0.717, 1.165) is 43.8 Å². The predicted octanol–water partition coefficient (Wildman–Crippen LogP) is 2.58. The van der Waals surface area contributed by atoms with Gasteiger partial charge in [0.05, 0.1) is 13.0 Å². The fourth-order valence-electron chi connectivity index (χ4n) is 2.72. The van der Waals surface area contributed by atoms with Gasteiger partial charge in [-0.25, -0.2) is 0 Å². The van der Waals surface area contributed by atoms with Crippen LogP contribution in [0.5, 0.6) is 5.75 Å². The predicted molar refractivity (Wildman–Crippen MR) is 89.2 cm³/mol. The molecular formula is C18H28N2O2. The maximum Gasteiger partial charge on any atom is 0.223 e. The van der Waals surface area contributed by atoms with Gasteiger partial charge in [0.2, 0.25) is 5.91 Å². The molecule has 1 fully saturated rings. The summed E-state index contributed by atoms with van der Waals surface area (Å²) in [5.74, 6) is 0.947. The average molecular weight is 304 g/mol. The Morgan fingerprint density at radius 3 is 2.77 bits per heavy atom. The lowest BCUT2D eigenvalue weighted by molar-refractivity contribution is -0.122. The van der Waals surface area contributed by atoms with Gasteiger partial charge >= 0.3 is 0 Å². The summed E-state index contributed by atoms with van der Waals surface area (Å²) < 4.78 is 5.73. The summed E-state index contributed by atoms with van der Waals surface area (Å²) in [7, 11) is 0. The summed E-state index contributed by atoms with van der Waals surface area (Å²) in [5.41, 5.74) is 2.51. The molecule has 122 valence electrons. The summed E-state index contributed by atoms with van der Waals surface area (Å²) in [6, 6.07) is 6.13. The van der Waals surface area contributed by atoms with Gasteiger partial charge in [-0.3, -0.25) is 4.79 Å². The zero-order valence-corrected chi connectivity index (χ0v) is 14.0. The minimum Gasteiger partial charge on any atom is -0.493 e. The van der Waals surface area contributed by atoms with Crippen LogP contribution >= 0.6 is 0 Å². The first kappa shape index (κ1) is 16.8. The number of nitrogens with one attached hydrogen (secondary N) is 2. The standard InChI is InChI=1S/C18H28N2O2/c1-14-4-5-15(2)16(12-14)22-11-6-17(21)20-13-18(3)7-9-19-10-8-18/h4-5,12,19H,6-11,13H2,1-3H3,(H,20,21).